The van der Waals surface area contributed by atoms with Crippen LogP contribution in [-0.2, 0) is 12.0 Å². The highest BCUT2D eigenvalue weighted by Gasteiger charge is 2.39. The molecule has 2 unspecified atom stereocenters. The third-order valence-electron chi connectivity index (χ3n) is 3.68. The molecule has 4 heteroatoms. The molecule has 1 aromatic heterocycles. The molecule has 0 spiro atoms. The van der Waals surface area contributed by atoms with Crippen molar-refractivity contribution < 1.29 is 4.74 Å². The van der Waals surface area contributed by atoms with E-state index in [2.05, 4.69) is 18.9 Å². The first-order chi connectivity index (χ1) is 7.60. The third-order valence-corrected chi connectivity index (χ3v) is 3.68. The molecule has 2 atom stereocenters. The molecule has 0 amide bonds. The standard InChI is InChI=1S/C12H21N3O/c1-4-15-11(10(16-3)8-14-15)12(2)6-5-9(13)7-12/h8-9H,4-7,13H2,1-3H3. The zero-order valence-electron chi connectivity index (χ0n) is 10.4. The van der Waals surface area contributed by atoms with Gasteiger partial charge in [0.25, 0.3) is 0 Å². The van der Waals surface area contributed by atoms with Crippen molar-refractivity contribution in [1.82, 2.24) is 9.78 Å². The van der Waals surface area contributed by atoms with E-state index < -0.39 is 0 Å². The second kappa shape index (κ2) is 4.09. The van der Waals surface area contributed by atoms with Gasteiger partial charge in [-0.2, -0.15) is 5.10 Å². The molecule has 2 rings (SSSR count). The molecule has 1 aromatic rings. The number of nitrogens with zero attached hydrogens (tertiary/aromatic N) is 2. The first-order valence-electron chi connectivity index (χ1n) is 5.96. The number of methoxy groups -OCH3 is 1. The largest absolute Gasteiger partial charge is 0.493 e. The maximum Gasteiger partial charge on any atom is 0.160 e. The van der Waals surface area contributed by atoms with E-state index in [0.717, 1.165) is 31.6 Å². The van der Waals surface area contributed by atoms with Gasteiger partial charge in [-0.3, -0.25) is 4.68 Å². The molecule has 16 heavy (non-hydrogen) atoms. The molecule has 0 radical (unpaired) electrons. The van der Waals surface area contributed by atoms with Crippen molar-refractivity contribution in [2.24, 2.45) is 5.73 Å². The highest BCUT2D eigenvalue weighted by Crippen LogP contribution is 2.43. The van der Waals surface area contributed by atoms with E-state index in [0.29, 0.717) is 6.04 Å². The fourth-order valence-corrected chi connectivity index (χ4v) is 2.87. The van der Waals surface area contributed by atoms with Gasteiger partial charge in [0.15, 0.2) is 5.75 Å². The summed E-state index contributed by atoms with van der Waals surface area (Å²) >= 11 is 0. The Labute approximate surface area is 96.8 Å². The summed E-state index contributed by atoms with van der Waals surface area (Å²) in [6.07, 6.45) is 5.05. The fourth-order valence-electron chi connectivity index (χ4n) is 2.87. The maximum atomic E-state index is 6.03. The van der Waals surface area contributed by atoms with Crippen LogP contribution in [-0.4, -0.2) is 22.9 Å². The lowest BCUT2D eigenvalue weighted by molar-refractivity contribution is 0.369. The van der Waals surface area contributed by atoms with E-state index in [4.69, 9.17) is 10.5 Å². The van der Waals surface area contributed by atoms with E-state index in [-0.39, 0.29) is 5.41 Å². The van der Waals surface area contributed by atoms with Crippen molar-refractivity contribution >= 4 is 0 Å². The Bertz CT molecular complexity index is 353. The quantitative estimate of drug-likeness (QED) is 0.848. The minimum atomic E-state index is 0.122. The molecule has 1 fully saturated rings. The minimum absolute atomic E-state index is 0.122. The minimum Gasteiger partial charge on any atom is -0.493 e. The highest BCUT2D eigenvalue weighted by molar-refractivity contribution is 5.33. The Hall–Kier alpha value is -1.03. The zero-order valence-corrected chi connectivity index (χ0v) is 10.4. The second-order valence-electron chi connectivity index (χ2n) is 4.94. The smallest absolute Gasteiger partial charge is 0.160 e. The van der Waals surface area contributed by atoms with Crippen LogP contribution in [0.25, 0.3) is 0 Å². The Morgan fingerprint density at radius 1 is 1.69 bits per heavy atom. The predicted octanol–water partition coefficient (Wildman–Crippen LogP) is 1.68. The number of hydrogen-bond acceptors (Lipinski definition) is 3. The summed E-state index contributed by atoms with van der Waals surface area (Å²) in [5.41, 5.74) is 7.36. The molecule has 1 heterocycles. The molecule has 0 aromatic carbocycles. The SMILES string of the molecule is CCn1ncc(OC)c1C1(C)CCC(N)C1. The average Bonchev–Trinajstić information content (AvgIpc) is 2.82. The van der Waals surface area contributed by atoms with Crippen LogP contribution in [0.3, 0.4) is 0 Å². The molecule has 1 aliphatic carbocycles. The lowest BCUT2D eigenvalue weighted by Crippen LogP contribution is -2.26. The van der Waals surface area contributed by atoms with E-state index in [1.807, 2.05) is 10.9 Å². The molecule has 90 valence electrons. The van der Waals surface area contributed by atoms with Crippen molar-refractivity contribution in [2.75, 3.05) is 7.11 Å². The van der Waals surface area contributed by atoms with Gasteiger partial charge in [-0.15, -0.1) is 0 Å². The summed E-state index contributed by atoms with van der Waals surface area (Å²) in [6.45, 7) is 5.25. The first-order valence-corrected chi connectivity index (χ1v) is 5.96. The summed E-state index contributed by atoms with van der Waals surface area (Å²) in [6, 6.07) is 0.315. The van der Waals surface area contributed by atoms with Crippen molar-refractivity contribution in [3.8, 4) is 5.75 Å². The number of nitrogens with two attached hydrogens (primary N) is 1. The van der Waals surface area contributed by atoms with Crippen molar-refractivity contribution in [1.29, 1.82) is 0 Å². The van der Waals surface area contributed by atoms with Crippen LogP contribution in [0, 0.1) is 0 Å². The van der Waals surface area contributed by atoms with Gasteiger partial charge in [-0.25, -0.2) is 0 Å². The van der Waals surface area contributed by atoms with Crippen LogP contribution in [0.15, 0.2) is 6.20 Å². The van der Waals surface area contributed by atoms with Crippen LogP contribution in [0.4, 0.5) is 0 Å². The number of aromatic nitrogens is 2. The summed E-state index contributed by atoms with van der Waals surface area (Å²) in [5.74, 6) is 0.901. The monoisotopic (exact) mass is 223 g/mol. The summed E-state index contributed by atoms with van der Waals surface area (Å²) in [5, 5.41) is 4.37. The second-order valence-corrected chi connectivity index (χ2v) is 4.94. The Balaban J connectivity index is 2.41. The predicted molar refractivity (Wildman–Crippen MR) is 63.6 cm³/mol. The van der Waals surface area contributed by atoms with Crippen molar-refractivity contribution in [3.63, 3.8) is 0 Å². The van der Waals surface area contributed by atoms with Gasteiger partial charge in [0.05, 0.1) is 19.0 Å². The van der Waals surface area contributed by atoms with E-state index in [1.54, 1.807) is 7.11 Å². The number of hydrogen-bond donors (Lipinski definition) is 1. The number of ether oxygens (including phenoxy) is 1. The van der Waals surface area contributed by atoms with Crippen LogP contribution in [0.5, 0.6) is 5.75 Å². The molecule has 0 bridgehead atoms. The van der Waals surface area contributed by atoms with Crippen LogP contribution >= 0.6 is 0 Å². The van der Waals surface area contributed by atoms with Gasteiger partial charge >= 0.3 is 0 Å². The van der Waals surface area contributed by atoms with Gasteiger partial charge in [-0.05, 0) is 26.2 Å². The highest BCUT2D eigenvalue weighted by atomic mass is 16.5. The van der Waals surface area contributed by atoms with Crippen molar-refractivity contribution in [3.05, 3.63) is 11.9 Å². The van der Waals surface area contributed by atoms with Crippen LogP contribution in [0.2, 0.25) is 0 Å². The van der Waals surface area contributed by atoms with Crippen molar-refractivity contribution in [2.45, 2.75) is 51.1 Å². The van der Waals surface area contributed by atoms with Gasteiger partial charge in [0.1, 0.15) is 0 Å². The molecular formula is C12H21N3O. The fraction of sp³-hybridized carbons (Fsp3) is 0.750. The first kappa shape index (κ1) is 11.5. The van der Waals surface area contributed by atoms with Gasteiger partial charge in [0, 0.05) is 18.0 Å². The number of aryl methyl sites for hydroxylation is 1. The van der Waals surface area contributed by atoms with Gasteiger partial charge in [0.2, 0.25) is 0 Å². The van der Waals surface area contributed by atoms with E-state index in [9.17, 15) is 0 Å². The Kier molecular flexibility index (Phi) is 2.93. The van der Waals surface area contributed by atoms with E-state index in [1.165, 1.54) is 5.69 Å². The summed E-state index contributed by atoms with van der Waals surface area (Å²) < 4.78 is 7.46. The maximum absolute atomic E-state index is 6.03. The lowest BCUT2D eigenvalue weighted by Gasteiger charge is -2.25. The van der Waals surface area contributed by atoms with Gasteiger partial charge < -0.3 is 10.5 Å². The lowest BCUT2D eigenvalue weighted by atomic mass is 9.84. The molecule has 4 nitrogen and oxygen atoms in total. The van der Waals surface area contributed by atoms with Crippen LogP contribution < -0.4 is 10.5 Å². The average molecular weight is 223 g/mol. The number of rotatable bonds is 3. The van der Waals surface area contributed by atoms with E-state index >= 15 is 0 Å². The zero-order chi connectivity index (χ0) is 11.8. The van der Waals surface area contributed by atoms with Gasteiger partial charge in [-0.1, -0.05) is 6.92 Å². The molecular weight excluding hydrogens is 202 g/mol. The third kappa shape index (κ3) is 1.71. The Morgan fingerprint density at radius 3 is 2.94 bits per heavy atom. The van der Waals surface area contributed by atoms with Crippen LogP contribution in [0.1, 0.15) is 38.8 Å². The topological polar surface area (TPSA) is 53.1 Å². The summed E-state index contributed by atoms with van der Waals surface area (Å²) in [7, 11) is 1.71. The molecule has 1 saturated carbocycles. The molecule has 0 saturated heterocycles. The normalized spacial score (nSPS) is 29.6. The molecule has 1 aliphatic rings. The summed E-state index contributed by atoms with van der Waals surface area (Å²) in [4.78, 5) is 0. The molecule has 0 aliphatic heterocycles. The Morgan fingerprint density at radius 2 is 2.44 bits per heavy atom. The molecule has 2 N–H and O–H groups in total.